The van der Waals surface area contributed by atoms with E-state index in [9.17, 15) is 9.90 Å². The molecular formula is C22H33N3O2. The summed E-state index contributed by atoms with van der Waals surface area (Å²) in [5, 5.41) is 14.4. The lowest BCUT2D eigenvalue weighted by Gasteiger charge is -2.52. The monoisotopic (exact) mass is 371 g/mol. The average molecular weight is 372 g/mol. The van der Waals surface area contributed by atoms with Gasteiger partial charge in [0.1, 0.15) is 5.54 Å². The number of hydrogen-bond donors (Lipinski definition) is 2. The molecule has 2 N–H and O–H groups in total. The number of aliphatic hydroxyl groups is 1. The lowest BCUT2D eigenvalue weighted by Crippen LogP contribution is -2.63. The summed E-state index contributed by atoms with van der Waals surface area (Å²) < 4.78 is 0. The molecule has 2 aliphatic heterocycles. The SMILES string of the molecule is CC(C)[C@]1(O)CCCC[C@H]1N1CCC2(CC1)C(=O)NCN2c1ccccc1. The Morgan fingerprint density at radius 2 is 1.81 bits per heavy atom. The van der Waals surface area contributed by atoms with Crippen molar-refractivity contribution in [2.45, 2.75) is 69.6 Å². The van der Waals surface area contributed by atoms with Crippen molar-refractivity contribution < 1.29 is 9.90 Å². The molecule has 1 amide bonds. The van der Waals surface area contributed by atoms with Gasteiger partial charge in [0.05, 0.1) is 12.3 Å². The zero-order chi connectivity index (χ0) is 19.1. The number of nitrogens with zero attached hydrogens (tertiary/aromatic N) is 2. The van der Waals surface area contributed by atoms with E-state index in [1.54, 1.807) is 0 Å². The number of rotatable bonds is 3. The molecule has 0 radical (unpaired) electrons. The Balaban J connectivity index is 1.53. The lowest BCUT2D eigenvalue weighted by molar-refractivity contribution is -0.129. The fourth-order valence-corrected chi connectivity index (χ4v) is 5.57. The summed E-state index contributed by atoms with van der Waals surface area (Å²) in [6, 6.07) is 10.5. The summed E-state index contributed by atoms with van der Waals surface area (Å²) in [6.07, 6.45) is 5.91. The molecule has 2 atom stereocenters. The quantitative estimate of drug-likeness (QED) is 0.858. The third-order valence-electron chi connectivity index (χ3n) is 7.35. The maximum Gasteiger partial charge on any atom is 0.247 e. The van der Waals surface area contributed by atoms with Gasteiger partial charge in [-0.2, -0.15) is 0 Å². The molecule has 0 aromatic heterocycles. The van der Waals surface area contributed by atoms with Crippen LogP contribution in [0.2, 0.25) is 0 Å². The predicted octanol–water partition coefficient (Wildman–Crippen LogP) is 2.74. The van der Waals surface area contributed by atoms with Crippen LogP contribution in [0.5, 0.6) is 0 Å². The first-order valence-electron chi connectivity index (χ1n) is 10.5. The van der Waals surface area contributed by atoms with Gasteiger partial charge in [-0.3, -0.25) is 9.69 Å². The second-order valence-corrected chi connectivity index (χ2v) is 8.90. The molecule has 27 heavy (non-hydrogen) atoms. The number of para-hydroxylation sites is 1. The maximum absolute atomic E-state index is 12.8. The standard InChI is InChI=1S/C22H33N3O2/c1-17(2)22(27)11-7-6-10-19(22)24-14-12-21(13-15-24)20(26)23-16-25(21)18-8-4-3-5-9-18/h3-5,8-9,17,19,27H,6-7,10-16H2,1-2H3,(H,23,26)/t19-,22-/m1/s1. The number of carbonyl (C=O) groups excluding carboxylic acids is 1. The number of anilines is 1. The Hall–Kier alpha value is -1.59. The van der Waals surface area contributed by atoms with Crippen LogP contribution in [0.1, 0.15) is 52.4 Å². The van der Waals surface area contributed by atoms with Gasteiger partial charge < -0.3 is 15.3 Å². The second kappa shape index (κ2) is 7.10. The van der Waals surface area contributed by atoms with Crippen LogP contribution in [0.25, 0.3) is 0 Å². The van der Waals surface area contributed by atoms with Crippen LogP contribution < -0.4 is 10.2 Å². The fraction of sp³-hybridized carbons (Fsp3) is 0.682. The van der Waals surface area contributed by atoms with Crippen LogP contribution in [0, 0.1) is 5.92 Å². The Kier molecular flexibility index (Phi) is 4.93. The number of carbonyl (C=O) groups is 1. The molecule has 1 aromatic carbocycles. The molecule has 2 heterocycles. The zero-order valence-electron chi connectivity index (χ0n) is 16.7. The van der Waals surface area contributed by atoms with Gasteiger partial charge >= 0.3 is 0 Å². The topological polar surface area (TPSA) is 55.8 Å². The predicted molar refractivity (Wildman–Crippen MR) is 108 cm³/mol. The van der Waals surface area contributed by atoms with Gasteiger partial charge in [-0.15, -0.1) is 0 Å². The number of amides is 1. The minimum Gasteiger partial charge on any atom is -0.388 e. The average Bonchev–Trinajstić information content (AvgIpc) is 2.99. The van der Waals surface area contributed by atoms with Gasteiger partial charge in [-0.1, -0.05) is 44.9 Å². The largest absolute Gasteiger partial charge is 0.388 e. The van der Waals surface area contributed by atoms with Crippen molar-refractivity contribution >= 4 is 11.6 Å². The Morgan fingerprint density at radius 1 is 1.11 bits per heavy atom. The highest BCUT2D eigenvalue weighted by Crippen LogP contribution is 2.42. The number of hydrogen-bond acceptors (Lipinski definition) is 4. The van der Waals surface area contributed by atoms with Crippen LogP contribution in [-0.4, -0.2) is 52.9 Å². The van der Waals surface area contributed by atoms with Crippen LogP contribution in [0.3, 0.4) is 0 Å². The molecule has 1 saturated carbocycles. The molecule has 5 heteroatoms. The first-order chi connectivity index (χ1) is 13.0. The molecule has 3 fully saturated rings. The highest BCUT2D eigenvalue weighted by atomic mass is 16.3. The highest BCUT2D eigenvalue weighted by Gasteiger charge is 2.53. The van der Waals surface area contributed by atoms with Gasteiger partial charge in [0.15, 0.2) is 0 Å². The van der Waals surface area contributed by atoms with E-state index in [0.29, 0.717) is 6.67 Å². The fourth-order valence-electron chi connectivity index (χ4n) is 5.57. The van der Waals surface area contributed by atoms with Crippen molar-refractivity contribution in [1.82, 2.24) is 10.2 Å². The van der Waals surface area contributed by atoms with Gasteiger partial charge in [0, 0.05) is 24.8 Å². The summed E-state index contributed by atoms with van der Waals surface area (Å²) in [4.78, 5) is 17.6. The third-order valence-corrected chi connectivity index (χ3v) is 7.35. The first kappa shape index (κ1) is 18.8. The lowest BCUT2D eigenvalue weighted by atomic mass is 9.72. The van der Waals surface area contributed by atoms with Gasteiger partial charge in [-0.05, 0) is 43.7 Å². The van der Waals surface area contributed by atoms with Crippen LogP contribution in [0.4, 0.5) is 5.69 Å². The van der Waals surface area contributed by atoms with Crippen LogP contribution in [-0.2, 0) is 4.79 Å². The Bertz CT molecular complexity index is 669. The molecule has 148 valence electrons. The number of piperidine rings is 1. The molecule has 0 unspecified atom stereocenters. The minimum absolute atomic E-state index is 0.161. The van der Waals surface area contributed by atoms with Crippen molar-refractivity contribution in [1.29, 1.82) is 0 Å². The summed E-state index contributed by atoms with van der Waals surface area (Å²) in [5.74, 6) is 0.419. The molecule has 3 aliphatic rings. The molecule has 4 rings (SSSR count). The Morgan fingerprint density at radius 3 is 2.48 bits per heavy atom. The minimum atomic E-state index is -0.597. The van der Waals surface area contributed by atoms with E-state index >= 15 is 0 Å². The smallest absolute Gasteiger partial charge is 0.247 e. The Labute approximate surface area is 162 Å². The summed E-state index contributed by atoms with van der Waals surface area (Å²) >= 11 is 0. The first-order valence-corrected chi connectivity index (χ1v) is 10.5. The number of likely N-dealkylation sites (tertiary alicyclic amines) is 1. The highest BCUT2D eigenvalue weighted by molar-refractivity contribution is 5.93. The summed E-state index contributed by atoms with van der Waals surface area (Å²) in [5.41, 5.74) is 0.0723. The number of nitrogens with one attached hydrogen (secondary N) is 1. The van der Waals surface area contributed by atoms with E-state index in [-0.39, 0.29) is 17.9 Å². The molecular weight excluding hydrogens is 338 g/mol. The van der Waals surface area contributed by atoms with Crippen molar-refractivity contribution in [3.63, 3.8) is 0 Å². The van der Waals surface area contributed by atoms with Crippen molar-refractivity contribution in [2.75, 3.05) is 24.7 Å². The summed E-state index contributed by atoms with van der Waals surface area (Å²) in [6.45, 7) is 6.62. The maximum atomic E-state index is 12.8. The van der Waals surface area contributed by atoms with Gasteiger partial charge in [0.2, 0.25) is 5.91 Å². The second-order valence-electron chi connectivity index (χ2n) is 8.90. The zero-order valence-corrected chi connectivity index (χ0v) is 16.7. The van der Waals surface area contributed by atoms with Gasteiger partial charge in [0.25, 0.3) is 0 Å². The normalized spacial score (nSPS) is 31.5. The van der Waals surface area contributed by atoms with E-state index in [2.05, 4.69) is 41.1 Å². The van der Waals surface area contributed by atoms with E-state index in [0.717, 1.165) is 50.9 Å². The summed E-state index contributed by atoms with van der Waals surface area (Å²) in [7, 11) is 0. The molecule has 5 nitrogen and oxygen atoms in total. The molecule has 1 aliphatic carbocycles. The van der Waals surface area contributed by atoms with Crippen molar-refractivity contribution in [2.24, 2.45) is 5.92 Å². The molecule has 1 spiro atoms. The van der Waals surface area contributed by atoms with Crippen molar-refractivity contribution in [3.05, 3.63) is 30.3 Å². The number of benzene rings is 1. The van der Waals surface area contributed by atoms with Crippen LogP contribution in [0.15, 0.2) is 30.3 Å². The third kappa shape index (κ3) is 3.05. The molecule has 1 aromatic rings. The van der Waals surface area contributed by atoms with Crippen molar-refractivity contribution in [3.8, 4) is 0 Å². The van der Waals surface area contributed by atoms with E-state index < -0.39 is 11.1 Å². The van der Waals surface area contributed by atoms with E-state index in [1.807, 2.05) is 18.2 Å². The molecule has 2 saturated heterocycles. The van der Waals surface area contributed by atoms with E-state index in [4.69, 9.17) is 0 Å². The van der Waals surface area contributed by atoms with Crippen LogP contribution >= 0.6 is 0 Å². The van der Waals surface area contributed by atoms with E-state index in [1.165, 1.54) is 6.42 Å². The van der Waals surface area contributed by atoms with Gasteiger partial charge in [-0.25, -0.2) is 0 Å². The molecule has 0 bridgehead atoms.